The van der Waals surface area contributed by atoms with Crippen molar-refractivity contribution in [2.24, 2.45) is 5.41 Å². The van der Waals surface area contributed by atoms with Crippen molar-refractivity contribution in [1.29, 1.82) is 0 Å². The highest BCUT2D eigenvalue weighted by Crippen LogP contribution is 2.49. The molecule has 1 unspecified atom stereocenters. The summed E-state index contributed by atoms with van der Waals surface area (Å²) in [6.07, 6.45) is -6.46. The van der Waals surface area contributed by atoms with Crippen LogP contribution in [0.3, 0.4) is 0 Å². The van der Waals surface area contributed by atoms with Crippen LogP contribution in [0.2, 0.25) is 0 Å². The molecule has 182 valence electrons. The van der Waals surface area contributed by atoms with Gasteiger partial charge in [0.1, 0.15) is 23.5 Å². The van der Waals surface area contributed by atoms with E-state index in [1.165, 1.54) is 33.2 Å². The van der Waals surface area contributed by atoms with Crippen LogP contribution in [0, 0.1) is 11.2 Å². The molecule has 34 heavy (non-hydrogen) atoms. The molecule has 1 N–H and O–H groups in total. The summed E-state index contributed by atoms with van der Waals surface area (Å²) >= 11 is 0. The van der Waals surface area contributed by atoms with Gasteiger partial charge in [-0.05, 0) is 29.2 Å². The minimum Gasteiger partial charge on any atom is -0.406 e. The Morgan fingerprint density at radius 1 is 0.824 bits per heavy atom. The molecule has 3 rings (SSSR count). The van der Waals surface area contributed by atoms with Gasteiger partial charge in [-0.1, -0.05) is 32.9 Å². The normalized spacial score (nSPS) is 14.6. The average Bonchev–Trinajstić information content (AvgIpc) is 2.71. The van der Waals surface area contributed by atoms with Crippen molar-refractivity contribution in [3.05, 3.63) is 77.6 Å². The average molecular weight is 488 g/mol. The van der Waals surface area contributed by atoms with Gasteiger partial charge in [0.05, 0.1) is 5.56 Å². The predicted molar refractivity (Wildman–Crippen MR) is 108 cm³/mol. The fourth-order valence-corrected chi connectivity index (χ4v) is 3.67. The topological polar surface area (TPSA) is 55.2 Å². The first-order valence-corrected chi connectivity index (χ1v) is 9.79. The minimum atomic E-state index is -5.06. The molecule has 0 aliphatic carbocycles. The number of hydrogen-bond donors (Lipinski definition) is 1. The number of nitrogens with zero attached hydrogens (tertiary/aromatic N) is 2. The molecule has 3 aromatic rings. The van der Waals surface area contributed by atoms with E-state index < -0.39 is 46.2 Å². The Morgan fingerprint density at radius 3 is 1.94 bits per heavy atom. The van der Waals surface area contributed by atoms with Gasteiger partial charge >= 0.3 is 12.5 Å². The number of hydrogen-bond acceptors (Lipinski definition) is 4. The third kappa shape index (κ3) is 4.98. The zero-order valence-electron chi connectivity index (χ0n) is 18.1. The van der Waals surface area contributed by atoms with Gasteiger partial charge in [-0.15, -0.1) is 13.2 Å². The summed E-state index contributed by atoms with van der Waals surface area (Å²) in [5.41, 5.74) is -5.74. The molecule has 0 fully saturated rings. The van der Waals surface area contributed by atoms with Crippen molar-refractivity contribution in [3.8, 4) is 16.9 Å². The van der Waals surface area contributed by atoms with Crippen LogP contribution >= 0.6 is 0 Å². The van der Waals surface area contributed by atoms with E-state index in [-0.39, 0.29) is 16.7 Å². The molecule has 1 heterocycles. The standard InChI is InChI=1S/C23H19F7N2O2/c1-20(2,3)21(33,14-10-31-12-32-11-14)17-7-4-13(8-18(17)22(25,26)27)16-6-5-15(9-19(16)24)34-23(28,29)30/h4-12,33H,1-3H3. The third-order valence-corrected chi connectivity index (χ3v) is 5.26. The first-order valence-electron chi connectivity index (χ1n) is 9.79. The number of alkyl halides is 6. The van der Waals surface area contributed by atoms with Crippen molar-refractivity contribution in [3.63, 3.8) is 0 Å². The smallest absolute Gasteiger partial charge is 0.406 e. The van der Waals surface area contributed by atoms with Crippen LogP contribution in [0.4, 0.5) is 30.7 Å². The quantitative estimate of drug-likeness (QED) is 0.427. The van der Waals surface area contributed by atoms with Crippen molar-refractivity contribution in [1.82, 2.24) is 9.97 Å². The molecule has 4 nitrogen and oxygen atoms in total. The van der Waals surface area contributed by atoms with E-state index in [4.69, 9.17) is 0 Å². The SMILES string of the molecule is CC(C)(C)C(O)(c1cncnc1)c1ccc(-c2ccc(OC(F)(F)F)cc2F)cc1C(F)(F)F. The lowest BCUT2D eigenvalue weighted by Gasteiger charge is -2.42. The molecule has 0 saturated carbocycles. The monoisotopic (exact) mass is 488 g/mol. The van der Waals surface area contributed by atoms with Gasteiger partial charge < -0.3 is 9.84 Å². The second-order valence-corrected chi connectivity index (χ2v) is 8.54. The van der Waals surface area contributed by atoms with Crippen LogP contribution < -0.4 is 4.74 Å². The molecule has 0 saturated heterocycles. The second-order valence-electron chi connectivity index (χ2n) is 8.54. The highest BCUT2D eigenvalue weighted by Gasteiger charge is 2.49. The van der Waals surface area contributed by atoms with Gasteiger partial charge in [0.25, 0.3) is 0 Å². The van der Waals surface area contributed by atoms with Gasteiger partial charge in [0.2, 0.25) is 0 Å². The zero-order valence-corrected chi connectivity index (χ0v) is 18.1. The van der Waals surface area contributed by atoms with Gasteiger partial charge in [0, 0.05) is 35.2 Å². The lowest BCUT2D eigenvalue weighted by atomic mass is 9.67. The van der Waals surface area contributed by atoms with Crippen LogP contribution in [0.5, 0.6) is 5.75 Å². The lowest BCUT2D eigenvalue weighted by Crippen LogP contribution is -2.42. The fraction of sp³-hybridized carbons (Fsp3) is 0.304. The molecule has 0 radical (unpaired) electrons. The minimum absolute atomic E-state index is 0.0144. The summed E-state index contributed by atoms with van der Waals surface area (Å²) in [5, 5.41) is 11.6. The summed E-state index contributed by atoms with van der Waals surface area (Å²) in [5.74, 6) is -2.07. The molecule has 2 aromatic carbocycles. The van der Waals surface area contributed by atoms with Crippen LogP contribution in [0.25, 0.3) is 11.1 Å². The van der Waals surface area contributed by atoms with E-state index in [9.17, 15) is 35.8 Å². The molecular weight excluding hydrogens is 469 g/mol. The van der Waals surface area contributed by atoms with E-state index in [2.05, 4.69) is 14.7 Å². The summed E-state index contributed by atoms with van der Waals surface area (Å²) < 4.78 is 97.7. The first-order chi connectivity index (χ1) is 15.5. The van der Waals surface area contributed by atoms with Crippen molar-refractivity contribution in [2.45, 2.75) is 38.9 Å². The Balaban J connectivity index is 2.21. The Kier molecular flexibility index (Phi) is 6.38. The third-order valence-electron chi connectivity index (χ3n) is 5.26. The Bertz CT molecular complexity index is 1170. The van der Waals surface area contributed by atoms with Gasteiger partial charge in [-0.25, -0.2) is 14.4 Å². The molecule has 0 aliphatic heterocycles. The maximum atomic E-state index is 14.5. The molecule has 1 aromatic heterocycles. The summed E-state index contributed by atoms with van der Waals surface area (Å²) in [6.45, 7) is 4.60. The maximum Gasteiger partial charge on any atom is 0.573 e. The Morgan fingerprint density at radius 2 is 1.44 bits per heavy atom. The van der Waals surface area contributed by atoms with Crippen LogP contribution in [0.1, 0.15) is 37.5 Å². The number of aliphatic hydroxyl groups is 1. The van der Waals surface area contributed by atoms with Crippen LogP contribution in [-0.4, -0.2) is 21.4 Å². The van der Waals surface area contributed by atoms with Crippen LogP contribution in [-0.2, 0) is 11.8 Å². The Hall–Kier alpha value is -3.21. The highest BCUT2D eigenvalue weighted by atomic mass is 19.4. The van der Waals surface area contributed by atoms with E-state index in [1.807, 2.05) is 0 Å². The molecule has 0 aliphatic rings. The van der Waals surface area contributed by atoms with Crippen molar-refractivity contribution >= 4 is 0 Å². The fourth-order valence-electron chi connectivity index (χ4n) is 3.67. The lowest BCUT2D eigenvalue weighted by molar-refractivity contribution is -0.274. The number of benzene rings is 2. The van der Waals surface area contributed by atoms with E-state index in [0.717, 1.165) is 30.6 Å². The molecule has 11 heteroatoms. The van der Waals surface area contributed by atoms with Crippen molar-refractivity contribution < 1.29 is 40.6 Å². The van der Waals surface area contributed by atoms with E-state index in [1.54, 1.807) is 0 Å². The van der Waals surface area contributed by atoms with Crippen LogP contribution in [0.15, 0.2) is 55.1 Å². The summed E-state index contributed by atoms with van der Waals surface area (Å²) in [6, 6.07) is 4.89. The zero-order chi connectivity index (χ0) is 25.5. The first kappa shape index (κ1) is 25.4. The van der Waals surface area contributed by atoms with Gasteiger partial charge in [-0.3, -0.25) is 0 Å². The summed E-state index contributed by atoms with van der Waals surface area (Å²) in [7, 11) is 0. The summed E-state index contributed by atoms with van der Waals surface area (Å²) in [4.78, 5) is 7.60. The largest absolute Gasteiger partial charge is 0.573 e. The Labute approximate surface area is 190 Å². The number of ether oxygens (including phenoxy) is 1. The number of halogens is 7. The van der Waals surface area contributed by atoms with E-state index in [0.29, 0.717) is 12.1 Å². The van der Waals surface area contributed by atoms with Crippen molar-refractivity contribution in [2.75, 3.05) is 0 Å². The molecule has 0 spiro atoms. The number of aromatic nitrogens is 2. The molecule has 1 atom stereocenters. The molecule has 0 amide bonds. The molecular formula is C23H19F7N2O2. The highest BCUT2D eigenvalue weighted by molar-refractivity contribution is 5.67. The number of rotatable bonds is 4. The predicted octanol–water partition coefficient (Wildman–Crippen LogP) is 6.48. The molecule has 0 bridgehead atoms. The second kappa shape index (κ2) is 8.53. The van der Waals surface area contributed by atoms with E-state index >= 15 is 0 Å². The van der Waals surface area contributed by atoms with Gasteiger partial charge in [-0.2, -0.15) is 13.2 Å². The van der Waals surface area contributed by atoms with Gasteiger partial charge in [0.15, 0.2) is 0 Å². The maximum absolute atomic E-state index is 14.5.